The first-order chi connectivity index (χ1) is 11.0. The molecule has 5 heteroatoms. The second kappa shape index (κ2) is 7.35. The zero-order chi connectivity index (χ0) is 16.8. The van der Waals surface area contributed by atoms with Gasteiger partial charge in [0.15, 0.2) is 0 Å². The molecule has 118 valence electrons. The Kier molecular flexibility index (Phi) is 5.25. The van der Waals surface area contributed by atoms with Crippen molar-refractivity contribution >= 4 is 17.7 Å². The topological polar surface area (TPSA) is 63.5 Å². The van der Waals surface area contributed by atoms with E-state index in [9.17, 15) is 14.9 Å². The van der Waals surface area contributed by atoms with Crippen molar-refractivity contribution in [2.24, 2.45) is 0 Å². The van der Waals surface area contributed by atoms with Gasteiger partial charge in [-0.05, 0) is 24.1 Å². The Morgan fingerprint density at radius 3 is 2.65 bits per heavy atom. The molecule has 0 bridgehead atoms. The number of hydrogen-bond donors (Lipinski definition) is 0. The van der Waals surface area contributed by atoms with E-state index in [0.717, 1.165) is 16.7 Å². The van der Waals surface area contributed by atoms with E-state index in [1.165, 1.54) is 23.1 Å². The van der Waals surface area contributed by atoms with Gasteiger partial charge in [0.25, 0.3) is 5.69 Å². The number of likely N-dealkylation sites (N-methyl/N-ethyl adjacent to an activating group) is 1. The van der Waals surface area contributed by atoms with Crippen LogP contribution in [0.5, 0.6) is 0 Å². The van der Waals surface area contributed by atoms with Crippen molar-refractivity contribution < 1.29 is 9.72 Å². The lowest BCUT2D eigenvalue weighted by molar-refractivity contribution is -0.384. The predicted molar refractivity (Wildman–Crippen MR) is 89.8 cm³/mol. The lowest BCUT2D eigenvalue weighted by Crippen LogP contribution is -2.24. The molecule has 2 rings (SSSR count). The van der Waals surface area contributed by atoms with Gasteiger partial charge in [-0.25, -0.2) is 0 Å². The highest BCUT2D eigenvalue weighted by Gasteiger charge is 2.09. The van der Waals surface area contributed by atoms with Crippen LogP contribution in [-0.2, 0) is 11.3 Å². The molecule has 0 saturated carbocycles. The molecule has 1 amide bonds. The van der Waals surface area contributed by atoms with E-state index in [2.05, 4.69) is 0 Å². The number of benzene rings is 2. The van der Waals surface area contributed by atoms with Gasteiger partial charge in [0.2, 0.25) is 5.91 Å². The summed E-state index contributed by atoms with van der Waals surface area (Å²) in [6.07, 6.45) is 3.27. The monoisotopic (exact) mass is 310 g/mol. The number of non-ortho nitro benzene ring substituents is 1. The lowest BCUT2D eigenvalue weighted by atomic mass is 10.1. The first-order valence-electron chi connectivity index (χ1n) is 7.19. The molecule has 0 radical (unpaired) electrons. The minimum Gasteiger partial charge on any atom is -0.338 e. The molecule has 0 N–H and O–H groups in total. The van der Waals surface area contributed by atoms with Crippen molar-refractivity contribution in [2.45, 2.75) is 13.5 Å². The van der Waals surface area contributed by atoms with Crippen molar-refractivity contribution in [1.29, 1.82) is 0 Å². The van der Waals surface area contributed by atoms with Gasteiger partial charge in [0.05, 0.1) is 4.92 Å². The number of hydrogen-bond acceptors (Lipinski definition) is 3. The highest BCUT2D eigenvalue weighted by atomic mass is 16.6. The standard InChI is InChI=1S/C18H18N2O3/c1-14-5-3-6-15(11-14)9-10-18(21)19(2)13-16-7-4-8-17(12-16)20(22)23/h3-12H,13H2,1-2H3/b10-9+. The molecule has 0 heterocycles. The SMILES string of the molecule is Cc1cccc(/C=C/C(=O)N(C)Cc2cccc([N+](=O)[O-])c2)c1. The minimum absolute atomic E-state index is 0.0265. The molecule has 0 unspecified atom stereocenters. The molecular formula is C18H18N2O3. The summed E-state index contributed by atoms with van der Waals surface area (Å²) >= 11 is 0. The average Bonchev–Trinajstić information content (AvgIpc) is 2.52. The second-order valence-corrected chi connectivity index (χ2v) is 5.37. The summed E-state index contributed by atoms with van der Waals surface area (Å²) in [6, 6.07) is 14.1. The van der Waals surface area contributed by atoms with E-state index in [0.29, 0.717) is 6.54 Å². The van der Waals surface area contributed by atoms with E-state index in [4.69, 9.17) is 0 Å². The lowest BCUT2D eigenvalue weighted by Gasteiger charge is -2.15. The maximum Gasteiger partial charge on any atom is 0.269 e. The van der Waals surface area contributed by atoms with Crippen LogP contribution >= 0.6 is 0 Å². The number of rotatable bonds is 5. The number of nitro benzene ring substituents is 1. The summed E-state index contributed by atoms with van der Waals surface area (Å²) in [5.74, 6) is -0.155. The summed E-state index contributed by atoms with van der Waals surface area (Å²) in [4.78, 5) is 24.0. The van der Waals surface area contributed by atoms with E-state index < -0.39 is 4.92 Å². The molecule has 0 spiro atoms. The second-order valence-electron chi connectivity index (χ2n) is 5.37. The number of carbonyl (C=O) groups excluding carboxylic acids is 1. The summed E-state index contributed by atoms with van der Waals surface area (Å²) < 4.78 is 0. The van der Waals surface area contributed by atoms with Crippen molar-refractivity contribution in [2.75, 3.05) is 7.05 Å². The van der Waals surface area contributed by atoms with E-state index in [-0.39, 0.29) is 11.6 Å². The van der Waals surface area contributed by atoms with Crippen LogP contribution in [0.4, 0.5) is 5.69 Å². The third kappa shape index (κ3) is 4.78. The smallest absolute Gasteiger partial charge is 0.269 e. The molecule has 0 atom stereocenters. The Bertz CT molecular complexity index is 753. The summed E-state index contributed by atoms with van der Waals surface area (Å²) in [5.41, 5.74) is 2.84. The van der Waals surface area contributed by atoms with Crippen LogP contribution in [0.15, 0.2) is 54.6 Å². The van der Waals surface area contributed by atoms with Gasteiger partial charge in [-0.3, -0.25) is 14.9 Å². The summed E-state index contributed by atoms with van der Waals surface area (Å²) in [5, 5.41) is 10.8. The highest BCUT2D eigenvalue weighted by Crippen LogP contribution is 2.14. The molecule has 2 aromatic rings. The van der Waals surface area contributed by atoms with Gasteiger partial charge in [-0.2, -0.15) is 0 Å². The van der Waals surface area contributed by atoms with Crippen LogP contribution in [0.3, 0.4) is 0 Å². The number of amides is 1. The van der Waals surface area contributed by atoms with Gasteiger partial charge < -0.3 is 4.90 Å². The average molecular weight is 310 g/mol. The van der Waals surface area contributed by atoms with Crippen molar-refractivity contribution in [1.82, 2.24) is 4.90 Å². The normalized spacial score (nSPS) is 10.7. The number of nitro groups is 1. The summed E-state index contributed by atoms with van der Waals surface area (Å²) in [7, 11) is 1.67. The maximum absolute atomic E-state index is 12.1. The van der Waals surface area contributed by atoms with Crippen LogP contribution in [0.25, 0.3) is 6.08 Å². The maximum atomic E-state index is 12.1. The first-order valence-corrected chi connectivity index (χ1v) is 7.19. The Balaban J connectivity index is 2.02. The molecule has 23 heavy (non-hydrogen) atoms. The van der Waals surface area contributed by atoms with E-state index in [1.54, 1.807) is 25.3 Å². The minimum atomic E-state index is -0.442. The highest BCUT2D eigenvalue weighted by molar-refractivity contribution is 5.91. The zero-order valence-corrected chi connectivity index (χ0v) is 13.1. The van der Waals surface area contributed by atoms with E-state index in [1.807, 2.05) is 31.2 Å². The molecule has 0 fully saturated rings. The first kappa shape index (κ1) is 16.4. The molecule has 2 aromatic carbocycles. The molecule has 0 aliphatic rings. The van der Waals surface area contributed by atoms with Gasteiger partial charge in [0.1, 0.15) is 0 Å². The van der Waals surface area contributed by atoms with E-state index >= 15 is 0 Å². The number of carbonyl (C=O) groups is 1. The fraction of sp³-hybridized carbons (Fsp3) is 0.167. The third-order valence-electron chi connectivity index (χ3n) is 3.38. The van der Waals surface area contributed by atoms with Gasteiger partial charge in [-0.1, -0.05) is 42.0 Å². The van der Waals surface area contributed by atoms with Crippen molar-refractivity contribution in [3.8, 4) is 0 Å². The van der Waals surface area contributed by atoms with Crippen molar-refractivity contribution in [3.05, 3.63) is 81.4 Å². The Labute approximate surface area is 135 Å². The predicted octanol–water partition coefficient (Wildman–Crippen LogP) is 3.58. The molecule has 0 saturated heterocycles. The molecule has 5 nitrogen and oxygen atoms in total. The molecular weight excluding hydrogens is 292 g/mol. The molecule has 0 aliphatic heterocycles. The Morgan fingerprint density at radius 2 is 1.96 bits per heavy atom. The van der Waals surface area contributed by atoms with Crippen molar-refractivity contribution in [3.63, 3.8) is 0 Å². The number of aryl methyl sites for hydroxylation is 1. The van der Waals surface area contributed by atoms with Crippen LogP contribution < -0.4 is 0 Å². The number of nitrogens with zero attached hydrogens (tertiary/aromatic N) is 2. The Hall–Kier alpha value is -2.95. The van der Waals surface area contributed by atoms with Gasteiger partial charge >= 0.3 is 0 Å². The van der Waals surface area contributed by atoms with Crippen LogP contribution in [0, 0.1) is 17.0 Å². The van der Waals surface area contributed by atoms with Crippen LogP contribution in [0.2, 0.25) is 0 Å². The molecule has 0 aliphatic carbocycles. The third-order valence-corrected chi connectivity index (χ3v) is 3.38. The summed E-state index contributed by atoms with van der Waals surface area (Å²) in [6.45, 7) is 2.31. The molecule has 0 aromatic heterocycles. The van der Waals surface area contributed by atoms with Crippen LogP contribution in [-0.4, -0.2) is 22.8 Å². The zero-order valence-electron chi connectivity index (χ0n) is 13.1. The fourth-order valence-electron chi connectivity index (χ4n) is 2.19. The quantitative estimate of drug-likeness (QED) is 0.482. The fourth-order valence-corrected chi connectivity index (χ4v) is 2.19. The van der Waals surface area contributed by atoms with Gasteiger partial charge in [-0.15, -0.1) is 0 Å². The van der Waals surface area contributed by atoms with Crippen LogP contribution in [0.1, 0.15) is 16.7 Å². The Morgan fingerprint density at radius 1 is 1.22 bits per heavy atom. The van der Waals surface area contributed by atoms with Gasteiger partial charge in [0, 0.05) is 31.8 Å². The largest absolute Gasteiger partial charge is 0.338 e.